The van der Waals surface area contributed by atoms with Crippen LogP contribution in [0, 0.1) is 0 Å². The monoisotopic (exact) mass is 249 g/mol. The van der Waals surface area contributed by atoms with Crippen LogP contribution in [0.25, 0.3) is 11.5 Å². The molecule has 0 radical (unpaired) electrons. The molecule has 2 heterocycles. The highest BCUT2D eigenvalue weighted by molar-refractivity contribution is 5.51. The summed E-state index contributed by atoms with van der Waals surface area (Å²) in [7, 11) is 1.54. The average molecular weight is 249 g/mol. The lowest BCUT2D eigenvalue weighted by molar-refractivity contribution is 0.397. The highest BCUT2D eigenvalue weighted by Gasteiger charge is 2.16. The van der Waals surface area contributed by atoms with Gasteiger partial charge in [0.1, 0.15) is 12.0 Å². The Morgan fingerprint density at radius 1 is 1.28 bits per heavy atom. The van der Waals surface area contributed by atoms with Crippen molar-refractivity contribution in [3.05, 3.63) is 12.4 Å². The number of aromatic nitrogens is 4. The Kier molecular flexibility index (Phi) is 3.14. The van der Waals surface area contributed by atoms with Gasteiger partial charge in [-0.05, 0) is 20.8 Å². The Hall–Kier alpha value is -2.18. The summed E-state index contributed by atoms with van der Waals surface area (Å²) in [4.78, 5) is 12.2. The molecule has 0 bridgehead atoms. The van der Waals surface area contributed by atoms with Crippen LogP contribution >= 0.6 is 0 Å². The van der Waals surface area contributed by atoms with Crippen molar-refractivity contribution in [2.24, 2.45) is 0 Å². The molecule has 0 saturated heterocycles. The minimum absolute atomic E-state index is 0.146. The Labute approximate surface area is 105 Å². The lowest BCUT2D eigenvalue weighted by atomic mass is 10.1. The van der Waals surface area contributed by atoms with Gasteiger partial charge in [0.05, 0.1) is 7.11 Å². The Morgan fingerprint density at radius 3 is 2.72 bits per heavy atom. The second-order valence-electron chi connectivity index (χ2n) is 4.74. The van der Waals surface area contributed by atoms with E-state index in [1.165, 1.54) is 13.4 Å². The van der Waals surface area contributed by atoms with Crippen LogP contribution in [-0.4, -0.2) is 32.8 Å². The van der Waals surface area contributed by atoms with Crippen LogP contribution in [0.5, 0.6) is 5.88 Å². The molecule has 96 valence electrons. The van der Waals surface area contributed by atoms with E-state index in [1.807, 2.05) is 20.8 Å². The maximum atomic E-state index is 5.10. The van der Waals surface area contributed by atoms with Gasteiger partial charge in [-0.15, -0.1) is 0 Å². The third-order valence-electron chi connectivity index (χ3n) is 1.99. The lowest BCUT2D eigenvalue weighted by Crippen LogP contribution is -2.26. The van der Waals surface area contributed by atoms with Crippen molar-refractivity contribution in [3.8, 4) is 17.4 Å². The van der Waals surface area contributed by atoms with Crippen molar-refractivity contribution in [1.29, 1.82) is 0 Å². The number of nitrogens with zero attached hydrogens (tertiary/aromatic N) is 4. The molecule has 18 heavy (non-hydrogen) atoms. The van der Waals surface area contributed by atoms with E-state index in [4.69, 9.17) is 9.26 Å². The molecule has 0 aliphatic heterocycles. The minimum Gasteiger partial charge on any atom is -0.481 e. The predicted octanol–water partition coefficient (Wildman–Crippen LogP) is 1.75. The van der Waals surface area contributed by atoms with E-state index in [9.17, 15) is 0 Å². The van der Waals surface area contributed by atoms with Gasteiger partial charge in [0, 0.05) is 11.6 Å². The summed E-state index contributed by atoms with van der Waals surface area (Å²) in [5, 5.41) is 6.94. The molecule has 2 rings (SSSR count). The van der Waals surface area contributed by atoms with Crippen LogP contribution in [0.2, 0.25) is 0 Å². The SMILES string of the molecule is COc1cc(-c2noc(NC(C)(C)C)n2)ncn1. The van der Waals surface area contributed by atoms with E-state index in [0.29, 0.717) is 23.4 Å². The number of methoxy groups -OCH3 is 1. The summed E-state index contributed by atoms with van der Waals surface area (Å²) in [6, 6.07) is 2.00. The molecule has 0 amide bonds. The van der Waals surface area contributed by atoms with Crippen LogP contribution < -0.4 is 10.1 Å². The third-order valence-corrected chi connectivity index (χ3v) is 1.99. The summed E-state index contributed by atoms with van der Waals surface area (Å²) < 4.78 is 10.1. The summed E-state index contributed by atoms with van der Waals surface area (Å²) in [6.45, 7) is 6.01. The number of hydrogen-bond acceptors (Lipinski definition) is 7. The van der Waals surface area contributed by atoms with Crippen LogP contribution in [-0.2, 0) is 0 Å². The molecular weight excluding hydrogens is 234 g/mol. The minimum atomic E-state index is -0.146. The standard InChI is InChI=1S/C11H15N5O2/c1-11(2,3)15-10-14-9(16-18-10)7-5-8(17-4)13-6-12-7/h5-6H,1-4H3,(H,14,15,16). The number of ether oxygens (including phenoxy) is 1. The van der Waals surface area contributed by atoms with Crippen molar-refractivity contribution >= 4 is 6.01 Å². The quantitative estimate of drug-likeness (QED) is 0.886. The zero-order chi connectivity index (χ0) is 13.2. The molecular formula is C11H15N5O2. The second-order valence-corrected chi connectivity index (χ2v) is 4.74. The van der Waals surface area contributed by atoms with Gasteiger partial charge >= 0.3 is 6.01 Å². The van der Waals surface area contributed by atoms with Crippen LogP contribution in [0.4, 0.5) is 6.01 Å². The molecule has 0 spiro atoms. The van der Waals surface area contributed by atoms with E-state index in [2.05, 4.69) is 25.4 Å². The van der Waals surface area contributed by atoms with E-state index >= 15 is 0 Å². The number of anilines is 1. The normalized spacial score (nSPS) is 11.3. The van der Waals surface area contributed by atoms with Gasteiger partial charge in [0.25, 0.3) is 0 Å². The van der Waals surface area contributed by atoms with Crippen LogP contribution in [0.3, 0.4) is 0 Å². The van der Waals surface area contributed by atoms with Crippen molar-refractivity contribution in [2.75, 3.05) is 12.4 Å². The van der Waals surface area contributed by atoms with E-state index in [0.717, 1.165) is 0 Å². The summed E-state index contributed by atoms with van der Waals surface area (Å²) >= 11 is 0. The highest BCUT2D eigenvalue weighted by Crippen LogP contribution is 2.19. The van der Waals surface area contributed by atoms with Gasteiger partial charge in [0.2, 0.25) is 11.7 Å². The fourth-order valence-electron chi connectivity index (χ4n) is 1.27. The lowest BCUT2D eigenvalue weighted by Gasteiger charge is -2.17. The maximum Gasteiger partial charge on any atom is 0.322 e. The summed E-state index contributed by atoms with van der Waals surface area (Å²) in [6.07, 6.45) is 1.39. The summed E-state index contributed by atoms with van der Waals surface area (Å²) in [5.41, 5.74) is 0.403. The van der Waals surface area contributed by atoms with Crippen molar-refractivity contribution in [1.82, 2.24) is 20.1 Å². The van der Waals surface area contributed by atoms with Crippen LogP contribution in [0.15, 0.2) is 16.9 Å². The fraction of sp³-hybridized carbons (Fsp3) is 0.455. The molecule has 0 atom stereocenters. The van der Waals surface area contributed by atoms with Crippen molar-refractivity contribution in [3.63, 3.8) is 0 Å². The second kappa shape index (κ2) is 4.59. The Bertz CT molecular complexity index is 532. The van der Waals surface area contributed by atoms with Crippen LogP contribution in [0.1, 0.15) is 20.8 Å². The zero-order valence-electron chi connectivity index (χ0n) is 10.8. The topological polar surface area (TPSA) is 86.0 Å². The number of hydrogen-bond donors (Lipinski definition) is 1. The first kappa shape index (κ1) is 12.3. The van der Waals surface area contributed by atoms with E-state index in [-0.39, 0.29) is 5.54 Å². The van der Waals surface area contributed by atoms with Gasteiger partial charge in [-0.1, -0.05) is 5.16 Å². The van der Waals surface area contributed by atoms with E-state index < -0.39 is 0 Å². The van der Waals surface area contributed by atoms with E-state index in [1.54, 1.807) is 6.07 Å². The molecule has 0 aliphatic rings. The number of rotatable bonds is 3. The first-order valence-corrected chi connectivity index (χ1v) is 5.46. The molecule has 0 aromatic carbocycles. The molecule has 2 aromatic heterocycles. The molecule has 7 nitrogen and oxygen atoms in total. The molecule has 7 heteroatoms. The fourth-order valence-corrected chi connectivity index (χ4v) is 1.27. The Morgan fingerprint density at radius 2 is 2.06 bits per heavy atom. The molecule has 2 aromatic rings. The van der Waals surface area contributed by atoms with Crippen molar-refractivity contribution in [2.45, 2.75) is 26.3 Å². The third kappa shape index (κ3) is 2.93. The molecule has 1 N–H and O–H groups in total. The molecule has 0 saturated carbocycles. The van der Waals surface area contributed by atoms with Gasteiger partial charge < -0.3 is 14.6 Å². The average Bonchev–Trinajstić information content (AvgIpc) is 2.75. The largest absolute Gasteiger partial charge is 0.481 e. The zero-order valence-corrected chi connectivity index (χ0v) is 10.8. The van der Waals surface area contributed by atoms with Gasteiger partial charge in [-0.3, -0.25) is 0 Å². The smallest absolute Gasteiger partial charge is 0.322 e. The highest BCUT2D eigenvalue weighted by atomic mass is 16.5. The molecule has 0 fully saturated rings. The van der Waals surface area contributed by atoms with Gasteiger partial charge in [-0.2, -0.15) is 4.98 Å². The Balaban J connectivity index is 2.23. The molecule has 0 aliphatic carbocycles. The van der Waals surface area contributed by atoms with Gasteiger partial charge in [0.15, 0.2) is 0 Å². The first-order valence-electron chi connectivity index (χ1n) is 5.46. The predicted molar refractivity (Wildman–Crippen MR) is 65.3 cm³/mol. The molecule has 0 unspecified atom stereocenters. The summed E-state index contributed by atoms with van der Waals surface area (Å²) in [5.74, 6) is 0.845. The first-order chi connectivity index (χ1) is 8.48. The van der Waals surface area contributed by atoms with Crippen molar-refractivity contribution < 1.29 is 9.26 Å². The number of nitrogens with one attached hydrogen (secondary N) is 1. The van der Waals surface area contributed by atoms with Gasteiger partial charge in [-0.25, -0.2) is 9.97 Å². The maximum absolute atomic E-state index is 5.10.